The van der Waals surface area contributed by atoms with Crippen LogP contribution in [-0.4, -0.2) is 45.0 Å². The van der Waals surface area contributed by atoms with E-state index in [4.69, 9.17) is 16.3 Å². The summed E-state index contributed by atoms with van der Waals surface area (Å²) < 4.78 is 37.0. The van der Waals surface area contributed by atoms with Crippen molar-refractivity contribution in [2.24, 2.45) is 14.1 Å². The number of ether oxygens (including phenoxy) is 1. The molecule has 5 aromatic rings. The number of H-pyrrole nitrogens is 1. The van der Waals surface area contributed by atoms with Crippen molar-refractivity contribution in [1.82, 2.24) is 23.4 Å². The topological polar surface area (TPSA) is 119 Å². The van der Waals surface area contributed by atoms with E-state index in [1.807, 2.05) is 30.3 Å². The van der Waals surface area contributed by atoms with E-state index in [1.54, 1.807) is 37.4 Å². The first-order valence-corrected chi connectivity index (χ1v) is 14.1. The van der Waals surface area contributed by atoms with Gasteiger partial charge in [0, 0.05) is 32.9 Å². The molecule has 0 saturated carbocycles. The Hall–Kier alpha value is -4.19. The van der Waals surface area contributed by atoms with Crippen molar-refractivity contribution >= 4 is 32.7 Å². The van der Waals surface area contributed by atoms with Crippen molar-refractivity contribution in [3.8, 4) is 17.0 Å². The Morgan fingerprint density at radius 3 is 2.38 bits per heavy atom. The number of pyridine rings is 1. The Labute approximate surface area is 235 Å². The van der Waals surface area contributed by atoms with E-state index in [0.29, 0.717) is 33.2 Å². The van der Waals surface area contributed by atoms with Crippen LogP contribution in [0.4, 0.5) is 0 Å². The molecule has 206 valence electrons. The molecule has 0 amide bonds. The normalized spacial score (nSPS) is 11.8. The van der Waals surface area contributed by atoms with Crippen molar-refractivity contribution < 1.29 is 13.2 Å². The maximum absolute atomic E-state index is 13.7. The zero-order chi connectivity index (χ0) is 28.4. The summed E-state index contributed by atoms with van der Waals surface area (Å²) >= 11 is 5.83. The van der Waals surface area contributed by atoms with Gasteiger partial charge in [0.15, 0.2) is 0 Å². The molecule has 0 bridgehead atoms. The van der Waals surface area contributed by atoms with Crippen LogP contribution in [0.1, 0.15) is 5.56 Å². The van der Waals surface area contributed by atoms with Crippen LogP contribution in [0.15, 0.2) is 93.5 Å². The first-order valence-electron chi connectivity index (χ1n) is 12.3. The first-order chi connectivity index (χ1) is 19.1. The summed E-state index contributed by atoms with van der Waals surface area (Å²) in [5, 5.41) is 0.336. The monoisotopic (exact) mass is 579 g/mol. The molecular formula is C28H26ClN5O5S. The highest BCUT2D eigenvalue weighted by atomic mass is 35.5. The molecule has 0 aliphatic heterocycles. The summed E-state index contributed by atoms with van der Waals surface area (Å²) in [6.45, 7) is 0.365. The van der Waals surface area contributed by atoms with E-state index in [9.17, 15) is 18.0 Å². The number of aromatic nitrogens is 4. The number of aromatic amines is 1. The molecular weight excluding hydrogens is 554 g/mol. The third-order valence-corrected chi connectivity index (χ3v) is 8.65. The van der Waals surface area contributed by atoms with E-state index in [2.05, 4.69) is 9.97 Å². The van der Waals surface area contributed by atoms with Gasteiger partial charge in [-0.15, -0.1) is 0 Å². The highest BCUT2D eigenvalue weighted by Crippen LogP contribution is 2.25. The fourth-order valence-corrected chi connectivity index (χ4v) is 5.87. The van der Waals surface area contributed by atoms with Crippen LogP contribution in [0.2, 0.25) is 5.15 Å². The highest BCUT2D eigenvalue weighted by Gasteiger charge is 2.25. The lowest BCUT2D eigenvalue weighted by Gasteiger charge is -2.22. The van der Waals surface area contributed by atoms with Gasteiger partial charge in [-0.25, -0.2) is 18.2 Å². The molecule has 12 heteroatoms. The van der Waals surface area contributed by atoms with Gasteiger partial charge in [-0.1, -0.05) is 54.1 Å². The number of rotatable bonds is 9. The third kappa shape index (κ3) is 5.44. The molecule has 2 aromatic carbocycles. The van der Waals surface area contributed by atoms with Crippen molar-refractivity contribution in [3.05, 3.63) is 111 Å². The van der Waals surface area contributed by atoms with Gasteiger partial charge in [-0.05, 0) is 41.5 Å². The molecule has 0 atom stereocenters. The second-order valence-corrected chi connectivity index (χ2v) is 11.5. The van der Waals surface area contributed by atoms with Crippen LogP contribution in [0, 0.1) is 0 Å². The molecule has 0 spiro atoms. The summed E-state index contributed by atoms with van der Waals surface area (Å²) in [5.74, 6) is 0.483. The molecule has 10 nitrogen and oxygen atoms in total. The fraction of sp³-hybridized carbons (Fsp3) is 0.179. The summed E-state index contributed by atoms with van der Waals surface area (Å²) in [7, 11) is -0.892. The molecule has 40 heavy (non-hydrogen) atoms. The lowest BCUT2D eigenvalue weighted by Crippen LogP contribution is -2.36. The van der Waals surface area contributed by atoms with Gasteiger partial charge in [-0.2, -0.15) is 4.31 Å². The number of aryl methyl sites for hydroxylation is 1. The van der Waals surface area contributed by atoms with Gasteiger partial charge in [0.05, 0.1) is 16.6 Å². The van der Waals surface area contributed by atoms with Crippen LogP contribution in [0.25, 0.3) is 22.3 Å². The van der Waals surface area contributed by atoms with Gasteiger partial charge in [0.2, 0.25) is 10.0 Å². The number of nitrogens with one attached hydrogen (secondary N) is 1. The van der Waals surface area contributed by atoms with E-state index < -0.39 is 21.3 Å². The van der Waals surface area contributed by atoms with E-state index >= 15 is 0 Å². The number of fused-ring (bicyclic) bond motifs is 1. The van der Waals surface area contributed by atoms with E-state index in [1.165, 1.54) is 34.2 Å². The summed E-state index contributed by atoms with van der Waals surface area (Å²) in [6.07, 6.45) is 1.48. The molecule has 5 rings (SSSR count). The lowest BCUT2D eigenvalue weighted by molar-refractivity contribution is 0.269. The molecule has 0 aliphatic rings. The molecule has 0 aliphatic carbocycles. The Bertz CT molecular complexity index is 1880. The molecule has 3 heterocycles. The summed E-state index contributed by atoms with van der Waals surface area (Å²) in [4.78, 5) is 32.0. The third-order valence-electron chi connectivity index (χ3n) is 6.57. The minimum Gasteiger partial charge on any atom is -0.491 e. The molecule has 3 aromatic heterocycles. The van der Waals surface area contributed by atoms with Gasteiger partial charge in [0.1, 0.15) is 23.0 Å². The molecule has 0 radical (unpaired) electrons. The van der Waals surface area contributed by atoms with Gasteiger partial charge >= 0.3 is 5.69 Å². The van der Waals surface area contributed by atoms with Crippen LogP contribution in [0.5, 0.6) is 5.75 Å². The number of hydrogen-bond acceptors (Lipinski definition) is 6. The lowest BCUT2D eigenvalue weighted by atomic mass is 10.1. The second kappa shape index (κ2) is 11.1. The Balaban J connectivity index is 1.42. The Morgan fingerprint density at radius 1 is 0.975 bits per heavy atom. The predicted octanol–water partition coefficient (Wildman–Crippen LogP) is 3.55. The minimum absolute atomic E-state index is 0.0982. The number of benzene rings is 2. The largest absolute Gasteiger partial charge is 0.491 e. The van der Waals surface area contributed by atoms with Crippen molar-refractivity contribution in [2.75, 3.05) is 13.2 Å². The average Bonchev–Trinajstić information content (AvgIpc) is 3.42. The minimum atomic E-state index is -3.90. The van der Waals surface area contributed by atoms with E-state index in [-0.39, 0.29) is 24.6 Å². The van der Waals surface area contributed by atoms with Gasteiger partial charge < -0.3 is 9.72 Å². The van der Waals surface area contributed by atoms with Crippen LogP contribution in [-0.2, 0) is 30.7 Å². The average molecular weight is 580 g/mol. The summed E-state index contributed by atoms with van der Waals surface area (Å²) in [5.41, 5.74) is 1.98. The number of sulfonamides is 1. The zero-order valence-corrected chi connectivity index (χ0v) is 23.3. The molecule has 1 N–H and O–H groups in total. The maximum atomic E-state index is 13.7. The van der Waals surface area contributed by atoms with Gasteiger partial charge in [0.25, 0.3) is 5.56 Å². The smallest absolute Gasteiger partial charge is 0.331 e. The quantitative estimate of drug-likeness (QED) is 0.267. The van der Waals surface area contributed by atoms with Crippen LogP contribution in [0.3, 0.4) is 0 Å². The Morgan fingerprint density at radius 2 is 1.70 bits per heavy atom. The Kier molecular flexibility index (Phi) is 7.61. The van der Waals surface area contributed by atoms with Crippen LogP contribution >= 0.6 is 11.6 Å². The van der Waals surface area contributed by atoms with Crippen molar-refractivity contribution in [3.63, 3.8) is 0 Å². The molecule has 0 unspecified atom stereocenters. The second-order valence-electron chi connectivity index (χ2n) is 9.16. The highest BCUT2D eigenvalue weighted by molar-refractivity contribution is 7.89. The first kappa shape index (κ1) is 27.4. The van der Waals surface area contributed by atoms with Crippen molar-refractivity contribution in [2.45, 2.75) is 11.4 Å². The standard InChI is InChI=1S/C28H26ClN5O5S/c1-32-24-16-23(31-26(24)27(35)33(2)28(32)36)20-8-11-22(12-9-20)40(37,38)34(18-19-6-4-3-5-7-19)14-15-39-21-10-13-25(29)30-17-21/h3-13,16-17,31H,14-15,18H2,1-2H3. The van der Waals surface area contributed by atoms with Crippen molar-refractivity contribution in [1.29, 1.82) is 0 Å². The number of nitrogens with zero attached hydrogens (tertiary/aromatic N) is 4. The number of hydrogen-bond donors (Lipinski definition) is 1. The van der Waals surface area contributed by atoms with Gasteiger partial charge in [-0.3, -0.25) is 13.9 Å². The molecule has 0 fully saturated rings. The molecule has 0 saturated heterocycles. The number of halogens is 1. The zero-order valence-electron chi connectivity index (χ0n) is 21.7. The summed E-state index contributed by atoms with van der Waals surface area (Å²) in [6, 6.07) is 20.7. The fourth-order valence-electron chi connectivity index (χ4n) is 4.35. The maximum Gasteiger partial charge on any atom is 0.331 e. The van der Waals surface area contributed by atoms with Crippen LogP contribution < -0.4 is 16.0 Å². The SMILES string of the molecule is Cn1c(=O)c2[nH]c(-c3ccc(S(=O)(=O)N(CCOc4ccc(Cl)nc4)Cc4ccccc4)cc3)cc2n(C)c1=O. The van der Waals surface area contributed by atoms with E-state index in [0.717, 1.165) is 10.1 Å². The predicted molar refractivity (Wildman–Crippen MR) is 153 cm³/mol.